The van der Waals surface area contributed by atoms with Crippen molar-refractivity contribution in [1.29, 1.82) is 0 Å². The van der Waals surface area contributed by atoms with E-state index in [2.05, 4.69) is 24.2 Å². The van der Waals surface area contributed by atoms with Crippen molar-refractivity contribution in [2.24, 2.45) is 5.73 Å². The predicted octanol–water partition coefficient (Wildman–Crippen LogP) is 3.97. The minimum atomic E-state index is -0.235. The number of aromatic nitrogens is 1. The highest BCUT2D eigenvalue weighted by molar-refractivity contribution is 7.09. The van der Waals surface area contributed by atoms with Crippen molar-refractivity contribution in [3.63, 3.8) is 0 Å². The Balaban J connectivity index is 2.31. The number of nitrogens with two attached hydrogens (primary N) is 1. The van der Waals surface area contributed by atoms with E-state index < -0.39 is 0 Å². The summed E-state index contributed by atoms with van der Waals surface area (Å²) >= 11 is 7.73. The monoisotopic (exact) mass is 266 g/mol. The molecular weight excluding hydrogens is 252 g/mol. The second-order valence-electron chi connectivity index (χ2n) is 4.26. The maximum absolute atomic E-state index is 6.19. The fourth-order valence-corrected chi connectivity index (χ4v) is 2.82. The summed E-state index contributed by atoms with van der Waals surface area (Å²) in [5.41, 5.74) is 8.21. The maximum atomic E-state index is 6.19. The standard InChI is InChI=1S/C13H15ClN2S/c1-8(2)11-7-17-13(16-11)12(15)9-5-3-4-6-10(9)14/h3-8,12H,15H2,1-2H3. The summed E-state index contributed by atoms with van der Waals surface area (Å²) in [7, 11) is 0. The van der Waals surface area contributed by atoms with Gasteiger partial charge in [-0.2, -0.15) is 0 Å². The van der Waals surface area contributed by atoms with E-state index in [1.165, 1.54) is 0 Å². The van der Waals surface area contributed by atoms with Gasteiger partial charge in [-0.15, -0.1) is 11.3 Å². The molecule has 2 N–H and O–H groups in total. The second-order valence-corrected chi connectivity index (χ2v) is 5.56. The quantitative estimate of drug-likeness (QED) is 0.913. The zero-order valence-corrected chi connectivity index (χ0v) is 11.4. The zero-order valence-electron chi connectivity index (χ0n) is 9.85. The van der Waals surface area contributed by atoms with Crippen molar-refractivity contribution in [1.82, 2.24) is 4.98 Å². The molecule has 17 heavy (non-hydrogen) atoms. The molecular formula is C13H15ClN2S. The number of halogens is 1. The molecule has 1 heterocycles. The summed E-state index contributed by atoms with van der Waals surface area (Å²) in [6.07, 6.45) is 0. The van der Waals surface area contributed by atoms with Gasteiger partial charge < -0.3 is 5.73 Å². The van der Waals surface area contributed by atoms with Crippen molar-refractivity contribution >= 4 is 22.9 Å². The van der Waals surface area contributed by atoms with Gasteiger partial charge >= 0.3 is 0 Å². The molecule has 1 unspecified atom stereocenters. The van der Waals surface area contributed by atoms with Gasteiger partial charge in [0, 0.05) is 10.4 Å². The third kappa shape index (κ3) is 2.68. The van der Waals surface area contributed by atoms with E-state index in [1.807, 2.05) is 24.3 Å². The van der Waals surface area contributed by atoms with Crippen LogP contribution < -0.4 is 5.73 Å². The molecule has 4 heteroatoms. The first kappa shape index (κ1) is 12.6. The molecule has 1 aromatic heterocycles. The van der Waals surface area contributed by atoms with E-state index in [4.69, 9.17) is 17.3 Å². The summed E-state index contributed by atoms with van der Waals surface area (Å²) in [5, 5.41) is 3.68. The van der Waals surface area contributed by atoms with Gasteiger partial charge in [-0.25, -0.2) is 4.98 Å². The Bertz CT molecular complexity index is 508. The molecule has 0 fully saturated rings. The molecule has 2 nitrogen and oxygen atoms in total. The Morgan fingerprint density at radius 1 is 1.29 bits per heavy atom. The Morgan fingerprint density at radius 3 is 2.59 bits per heavy atom. The van der Waals surface area contributed by atoms with Gasteiger partial charge in [-0.1, -0.05) is 43.6 Å². The van der Waals surface area contributed by atoms with Crippen LogP contribution in [-0.4, -0.2) is 4.98 Å². The van der Waals surface area contributed by atoms with Crippen molar-refractivity contribution in [3.05, 3.63) is 50.9 Å². The number of nitrogens with zero attached hydrogens (tertiary/aromatic N) is 1. The van der Waals surface area contributed by atoms with Crippen LogP contribution in [-0.2, 0) is 0 Å². The van der Waals surface area contributed by atoms with Crippen molar-refractivity contribution in [2.45, 2.75) is 25.8 Å². The molecule has 2 rings (SSSR count). The summed E-state index contributed by atoms with van der Waals surface area (Å²) in [6, 6.07) is 7.41. The van der Waals surface area contributed by atoms with Crippen LogP contribution in [0.2, 0.25) is 5.02 Å². The molecule has 0 bridgehead atoms. The lowest BCUT2D eigenvalue weighted by Gasteiger charge is -2.10. The van der Waals surface area contributed by atoms with Gasteiger partial charge in [0.25, 0.3) is 0 Å². The molecule has 0 saturated heterocycles. The van der Waals surface area contributed by atoms with Crippen LogP contribution in [0.5, 0.6) is 0 Å². The Morgan fingerprint density at radius 2 is 2.00 bits per heavy atom. The van der Waals surface area contributed by atoms with E-state index in [-0.39, 0.29) is 6.04 Å². The average Bonchev–Trinajstić information content (AvgIpc) is 2.78. The number of rotatable bonds is 3. The van der Waals surface area contributed by atoms with Crippen LogP contribution in [0.3, 0.4) is 0 Å². The van der Waals surface area contributed by atoms with Crippen molar-refractivity contribution in [2.75, 3.05) is 0 Å². The Hall–Kier alpha value is -0.900. The molecule has 1 aromatic carbocycles. The third-order valence-electron chi connectivity index (χ3n) is 2.64. The normalized spacial score (nSPS) is 13.0. The van der Waals surface area contributed by atoms with E-state index in [0.29, 0.717) is 10.9 Å². The molecule has 0 spiro atoms. The van der Waals surface area contributed by atoms with Crippen LogP contribution in [0, 0.1) is 0 Å². The van der Waals surface area contributed by atoms with Crippen molar-refractivity contribution in [3.8, 4) is 0 Å². The topological polar surface area (TPSA) is 38.9 Å². The highest BCUT2D eigenvalue weighted by atomic mass is 35.5. The lowest BCUT2D eigenvalue weighted by Crippen LogP contribution is -2.12. The minimum Gasteiger partial charge on any atom is -0.318 e. The van der Waals surface area contributed by atoms with E-state index >= 15 is 0 Å². The molecule has 0 aliphatic heterocycles. The van der Waals surface area contributed by atoms with E-state index in [1.54, 1.807) is 11.3 Å². The predicted molar refractivity (Wildman–Crippen MR) is 73.7 cm³/mol. The first-order chi connectivity index (χ1) is 8.09. The summed E-state index contributed by atoms with van der Waals surface area (Å²) in [5.74, 6) is 0.429. The highest BCUT2D eigenvalue weighted by Crippen LogP contribution is 2.29. The summed E-state index contributed by atoms with van der Waals surface area (Å²) in [4.78, 5) is 4.56. The Kier molecular flexibility index (Phi) is 3.82. The molecule has 0 radical (unpaired) electrons. The molecule has 0 amide bonds. The zero-order chi connectivity index (χ0) is 12.4. The highest BCUT2D eigenvalue weighted by Gasteiger charge is 2.16. The largest absolute Gasteiger partial charge is 0.318 e. The molecule has 0 aliphatic rings. The number of benzene rings is 1. The minimum absolute atomic E-state index is 0.235. The average molecular weight is 267 g/mol. The fraction of sp³-hybridized carbons (Fsp3) is 0.308. The van der Waals surface area contributed by atoms with Gasteiger partial charge in [0.1, 0.15) is 5.01 Å². The lowest BCUT2D eigenvalue weighted by atomic mass is 10.1. The first-order valence-corrected chi connectivity index (χ1v) is 6.80. The smallest absolute Gasteiger partial charge is 0.114 e. The van der Waals surface area contributed by atoms with E-state index in [9.17, 15) is 0 Å². The van der Waals surface area contributed by atoms with Crippen molar-refractivity contribution < 1.29 is 0 Å². The van der Waals surface area contributed by atoms with Gasteiger partial charge in [-0.05, 0) is 17.5 Å². The first-order valence-electron chi connectivity index (χ1n) is 5.55. The van der Waals surface area contributed by atoms with Crippen LogP contribution in [0.25, 0.3) is 0 Å². The van der Waals surface area contributed by atoms with Crippen LogP contribution in [0.1, 0.15) is 42.1 Å². The van der Waals surface area contributed by atoms with Crippen LogP contribution >= 0.6 is 22.9 Å². The van der Waals surface area contributed by atoms with Gasteiger partial charge in [0.15, 0.2) is 0 Å². The van der Waals surface area contributed by atoms with Gasteiger partial charge in [0.2, 0.25) is 0 Å². The number of hydrogen-bond donors (Lipinski definition) is 1. The molecule has 1 atom stereocenters. The summed E-state index contributed by atoms with van der Waals surface area (Å²) in [6.45, 7) is 4.25. The van der Waals surface area contributed by atoms with Crippen LogP contribution in [0.4, 0.5) is 0 Å². The maximum Gasteiger partial charge on any atom is 0.114 e. The molecule has 0 saturated carbocycles. The number of hydrogen-bond acceptors (Lipinski definition) is 3. The third-order valence-corrected chi connectivity index (χ3v) is 3.93. The van der Waals surface area contributed by atoms with Crippen LogP contribution in [0.15, 0.2) is 29.6 Å². The second kappa shape index (κ2) is 5.17. The summed E-state index contributed by atoms with van der Waals surface area (Å²) < 4.78 is 0. The lowest BCUT2D eigenvalue weighted by molar-refractivity contribution is 0.795. The molecule has 90 valence electrons. The van der Waals surface area contributed by atoms with Gasteiger partial charge in [0.05, 0.1) is 11.7 Å². The SMILES string of the molecule is CC(C)c1csc(C(N)c2ccccc2Cl)n1. The Labute approximate surface area is 110 Å². The van der Waals surface area contributed by atoms with E-state index in [0.717, 1.165) is 16.3 Å². The van der Waals surface area contributed by atoms with Gasteiger partial charge in [-0.3, -0.25) is 0 Å². The molecule has 2 aromatic rings. The molecule has 0 aliphatic carbocycles. The number of thiazole rings is 1. The fourth-order valence-electron chi connectivity index (χ4n) is 1.57.